The molecule has 1 aromatic carbocycles. The number of carbonyl (C=O) groups is 1. The molecule has 0 aliphatic heterocycles. The van der Waals surface area contributed by atoms with Gasteiger partial charge in [0.05, 0.1) is 28.3 Å². The number of hydrogen-bond donors (Lipinski definition) is 0. The van der Waals surface area contributed by atoms with Crippen molar-refractivity contribution in [3.8, 4) is 11.3 Å². The van der Waals surface area contributed by atoms with Crippen LogP contribution in [0.2, 0.25) is 10.0 Å². The number of rotatable bonds is 5. The SMILES string of the molecule is CC(=O)c1ccn([C@@H](C)Cn2ccc(-c3ccc(Cl)c(Cl)c3)n2)n1. The molecule has 0 N–H and O–H groups in total. The van der Waals surface area contributed by atoms with E-state index < -0.39 is 0 Å². The molecule has 0 aliphatic carbocycles. The summed E-state index contributed by atoms with van der Waals surface area (Å²) in [6.07, 6.45) is 3.72. The van der Waals surface area contributed by atoms with Crippen molar-refractivity contribution in [3.63, 3.8) is 0 Å². The number of benzene rings is 1. The Labute approximate surface area is 149 Å². The second-order valence-electron chi connectivity index (χ2n) is 5.64. The van der Waals surface area contributed by atoms with Gasteiger partial charge in [-0.25, -0.2) is 0 Å². The molecule has 1 atom stereocenters. The van der Waals surface area contributed by atoms with Crippen LogP contribution < -0.4 is 0 Å². The minimum Gasteiger partial charge on any atom is -0.293 e. The van der Waals surface area contributed by atoms with Gasteiger partial charge >= 0.3 is 0 Å². The molecule has 5 nitrogen and oxygen atoms in total. The van der Waals surface area contributed by atoms with E-state index in [1.54, 1.807) is 22.9 Å². The zero-order valence-corrected chi connectivity index (χ0v) is 14.8. The summed E-state index contributed by atoms with van der Waals surface area (Å²) in [6.45, 7) is 4.17. The lowest BCUT2D eigenvalue weighted by atomic mass is 10.2. The molecule has 2 heterocycles. The van der Waals surface area contributed by atoms with Crippen molar-refractivity contribution in [3.05, 3.63) is 58.5 Å². The first-order chi connectivity index (χ1) is 11.4. The molecule has 0 bridgehead atoms. The van der Waals surface area contributed by atoms with Gasteiger partial charge in [-0.1, -0.05) is 29.3 Å². The Morgan fingerprint density at radius 2 is 1.92 bits per heavy atom. The van der Waals surface area contributed by atoms with Gasteiger partial charge in [-0.2, -0.15) is 10.2 Å². The average molecular weight is 363 g/mol. The molecule has 0 aliphatic rings. The van der Waals surface area contributed by atoms with Crippen LogP contribution in [-0.2, 0) is 6.54 Å². The first kappa shape index (κ1) is 16.7. The lowest BCUT2D eigenvalue weighted by Gasteiger charge is -2.12. The van der Waals surface area contributed by atoms with Gasteiger partial charge in [0.1, 0.15) is 5.69 Å². The van der Waals surface area contributed by atoms with Crippen molar-refractivity contribution in [2.75, 3.05) is 0 Å². The first-order valence-electron chi connectivity index (χ1n) is 7.49. The van der Waals surface area contributed by atoms with Crippen molar-refractivity contribution in [2.24, 2.45) is 0 Å². The second kappa shape index (κ2) is 6.79. The Kier molecular flexibility index (Phi) is 4.73. The van der Waals surface area contributed by atoms with Crippen LogP contribution in [0.1, 0.15) is 30.4 Å². The Hall–Kier alpha value is -2.11. The van der Waals surface area contributed by atoms with E-state index in [-0.39, 0.29) is 11.8 Å². The summed E-state index contributed by atoms with van der Waals surface area (Å²) in [5, 5.41) is 9.88. The molecule has 2 aromatic heterocycles. The van der Waals surface area contributed by atoms with Gasteiger partial charge in [0, 0.05) is 24.9 Å². The second-order valence-corrected chi connectivity index (χ2v) is 6.45. The van der Waals surface area contributed by atoms with Crippen molar-refractivity contribution in [1.29, 1.82) is 0 Å². The number of halogens is 2. The molecule has 0 radical (unpaired) electrons. The zero-order valence-electron chi connectivity index (χ0n) is 13.3. The Balaban J connectivity index is 1.75. The number of nitrogens with zero attached hydrogens (tertiary/aromatic N) is 4. The van der Waals surface area contributed by atoms with Crippen molar-refractivity contribution in [1.82, 2.24) is 19.6 Å². The normalized spacial score (nSPS) is 12.3. The minimum absolute atomic E-state index is 0.0399. The molecule has 0 fully saturated rings. The van der Waals surface area contributed by atoms with Crippen LogP contribution in [0.3, 0.4) is 0 Å². The number of aromatic nitrogens is 4. The average Bonchev–Trinajstić information content (AvgIpc) is 3.19. The highest BCUT2D eigenvalue weighted by molar-refractivity contribution is 6.42. The highest BCUT2D eigenvalue weighted by atomic mass is 35.5. The Morgan fingerprint density at radius 1 is 1.12 bits per heavy atom. The molecule has 3 aromatic rings. The summed E-state index contributed by atoms with van der Waals surface area (Å²) in [4.78, 5) is 11.3. The van der Waals surface area contributed by atoms with Gasteiger partial charge in [0.2, 0.25) is 0 Å². The van der Waals surface area contributed by atoms with Gasteiger partial charge in [-0.05, 0) is 31.2 Å². The van der Waals surface area contributed by atoms with Crippen LogP contribution in [-0.4, -0.2) is 25.3 Å². The lowest BCUT2D eigenvalue weighted by molar-refractivity contribution is 0.101. The molecule has 3 rings (SSSR count). The summed E-state index contributed by atoms with van der Waals surface area (Å²) in [5.74, 6) is -0.0399. The maximum absolute atomic E-state index is 11.3. The Bertz CT molecular complexity index is 884. The van der Waals surface area contributed by atoms with Crippen molar-refractivity contribution >= 4 is 29.0 Å². The number of Topliss-reactive ketones (excluding diaryl/α,β-unsaturated/α-hetero) is 1. The summed E-state index contributed by atoms with van der Waals surface area (Å²) >= 11 is 12.0. The third-order valence-corrected chi connectivity index (χ3v) is 4.47. The fraction of sp³-hybridized carbons (Fsp3) is 0.235. The summed E-state index contributed by atoms with van der Waals surface area (Å²) in [5.41, 5.74) is 2.21. The smallest absolute Gasteiger partial charge is 0.179 e. The highest BCUT2D eigenvalue weighted by Crippen LogP contribution is 2.27. The van der Waals surface area contributed by atoms with Crippen LogP contribution in [0, 0.1) is 0 Å². The Morgan fingerprint density at radius 3 is 2.58 bits per heavy atom. The van der Waals surface area contributed by atoms with Gasteiger partial charge in [-0.15, -0.1) is 0 Å². The zero-order chi connectivity index (χ0) is 17.3. The topological polar surface area (TPSA) is 52.7 Å². The molecule has 24 heavy (non-hydrogen) atoms. The molecular weight excluding hydrogens is 347 g/mol. The number of hydrogen-bond acceptors (Lipinski definition) is 3. The molecule has 0 unspecified atom stereocenters. The summed E-state index contributed by atoms with van der Waals surface area (Å²) in [7, 11) is 0. The fourth-order valence-corrected chi connectivity index (χ4v) is 2.70. The van der Waals surface area contributed by atoms with Crippen molar-refractivity contribution < 1.29 is 4.79 Å². The molecule has 124 valence electrons. The molecule has 0 saturated carbocycles. The summed E-state index contributed by atoms with van der Waals surface area (Å²) < 4.78 is 3.62. The van der Waals surface area contributed by atoms with E-state index in [1.807, 2.05) is 36.1 Å². The quantitative estimate of drug-likeness (QED) is 0.627. The third-order valence-electron chi connectivity index (χ3n) is 3.73. The third kappa shape index (κ3) is 3.52. The van der Waals surface area contributed by atoms with Gasteiger partial charge in [-0.3, -0.25) is 14.2 Å². The fourth-order valence-electron chi connectivity index (χ4n) is 2.40. The molecule has 0 spiro atoms. The molecule has 0 saturated heterocycles. The molecule has 7 heteroatoms. The van der Waals surface area contributed by atoms with E-state index >= 15 is 0 Å². The minimum atomic E-state index is -0.0399. The molecular formula is C17H16Cl2N4O. The first-order valence-corrected chi connectivity index (χ1v) is 8.24. The van der Waals surface area contributed by atoms with Gasteiger partial charge in [0.25, 0.3) is 0 Å². The van der Waals surface area contributed by atoms with E-state index in [0.717, 1.165) is 11.3 Å². The van der Waals surface area contributed by atoms with Crippen LogP contribution in [0.25, 0.3) is 11.3 Å². The predicted octanol–water partition coefficient (Wildman–Crippen LogP) is 4.52. The van der Waals surface area contributed by atoms with Crippen LogP contribution in [0.15, 0.2) is 42.7 Å². The van der Waals surface area contributed by atoms with Gasteiger partial charge < -0.3 is 0 Å². The maximum atomic E-state index is 11.3. The number of carbonyl (C=O) groups excluding carboxylic acids is 1. The molecule has 0 amide bonds. The van der Waals surface area contributed by atoms with Crippen molar-refractivity contribution in [2.45, 2.75) is 26.4 Å². The highest BCUT2D eigenvalue weighted by Gasteiger charge is 2.11. The maximum Gasteiger partial charge on any atom is 0.179 e. The predicted molar refractivity (Wildman–Crippen MR) is 94.6 cm³/mol. The number of ketones is 1. The largest absolute Gasteiger partial charge is 0.293 e. The van der Waals surface area contributed by atoms with E-state index in [4.69, 9.17) is 23.2 Å². The lowest BCUT2D eigenvalue weighted by Crippen LogP contribution is -2.14. The standard InChI is InChI=1S/C17H16Cl2N4O/c1-11(23-8-6-16(21-23)12(2)24)10-22-7-5-17(20-22)13-3-4-14(18)15(19)9-13/h3-9,11H,10H2,1-2H3/t11-/m0/s1. The van der Waals surface area contributed by atoms with E-state index in [1.165, 1.54) is 6.92 Å². The van der Waals surface area contributed by atoms with Gasteiger partial charge in [0.15, 0.2) is 5.78 Å². The van der Waals surface area contributed by atoms with Crippen LogP contribution >= 0.6 is 23.2 Å². The van der Waals surface area contributed by atoms with Crippen LogP contribution in [0.4, 0.5) is 0 Å². The van der Waals surface area contributed by atoms with Crippen LogP contribution in [0.5, 0.6) is 0 Å². The van der Waals surface area contributed by atoms with E-state index in [2.05, 4.69) is 10.2 Å². The monoisotopic (exact) mass is 362 g/mol. The van der Waals surface area contributed by atoms with E-state index in [9.17, 15) is 4.79 Å². The van der Waals surface area contributed by atoms with E-state index in [0.29, 0.717) is 22.3 Å². The summed E-state index contributed by atoms with van der Waals surface area (Å²) in [6, 6.07) is 9.16.